The molecule has 21 heavy (non-hydrogen) atoms. The summed E-state index contributed by atoms with van der Waals surface area (Å²) in [6.07, 6.45) is 5.97. The highest BCUT2D eigenvalue weighted by Crippen LogP contribution is 2.39. The van der Waals surface area contributed by atoms with Crippen LogP contribution in [0.1, 0.15) is 57.4 Å². The fourth-order valence-electron chi connectivity index (χ4n) is 3.40. The summed E-state index contributed by atoms with van der Waals surface area (Å²) in [6, 6.07) is 6.03. The molecule has 1 saturated carbocycles. The minimum Gasteiger partial charge on any atom is -0.494 e. The number of methoxy groups -OCH3 is 1. The summed E-state index contributed by atoms with van der Waals surface area (Å²) in [4.78, 5) is 0. The Balaban J connectivity index is 2.23. The van der Waals surface area contributed by atoms with Gasteiger partial charge in [0.2, 0.25) is 0 Å². The van der Waals surface area contributed by atoms with Crippen molar-refractivity contribution in [1.29, 1.82) is 0 Å². The topological polar surface area (TPSA) is 21.3 Å². The van der Waals surface area contributed by atoms with Gasteiger partial charge in [-0.3, -0.25) is 0 Å². The van der Waals surface area contributed by atoms with Gasteiger partial charge in [0.25, 0.3) is 0 Å². The number of ether oxygens (including phenoxy) is 1. The zero-order chi connectivity index (χ0) is 15.2. The lowest BCUT2D eigenvalue weighted by molar-refractivity contribution is 0.344. The average molecular weight is 293 g/mol. The second-order valence-corrected chi connectivity index (χ2v) is 6.43. The van der Waals surface area contributed by atoms with E-state index in [1.165, 1.54) is 32.8 Å². The summed E-state index contributed by atoms with van der Waals surface area (Å²) >= 11 is 0. The van der Waals surface area contributed by atoms with Crippen LogP contribution in [0.5, 0.6) is 5.75 Å². The third kappa shape index (κ3) is 4.19. The highest BCUT2D eigenvalue weighted by molar-refractivity contribution is 5.33. The molecule has 1 N–H and O–H groups in total. The van der Waals surface area contributed by atoms with Crippen molar-refractivity contribution >= 4 is 0 Å². The van der Waals surface area contributed by atoms with Crippen LogP contribution in [0.4, 0.5) is 4.39 Å². The standard InChI is InChI=1S/C18H28FNO/c1-13(2)20-12-14-8-5-4-6-9-15(14)16-10-7-11-17(21-3)18(16)19/h7,10-11,13-15,20H,4-6,8-9,12H2,1-3H3. The van der Waals surface area contributed by atoms with Gasteiger partial charge in [0.05, 0.1) is 7.11 Å². The molecule has 0 bridgehead atoms. The first-order valence-electron chi connectivity index (χ1n) is 8.19. The van der Waals surface area contributed by atoms with E-state index in [4.69, 9.17) is 4.74 Å². The second kappa shape index (κ2) is 7.79. The number of halogens is 1. The largest absolute Gasteiger partial charge is 0.494 e. The molecule has 0 aromatic heterocycles. The van der Waals surface area contributed by atoms with Gasteiger partial charge in [-0.2, -0.15) is 0 Å². The molecule has 1 fully saturated rings. The summed E-state index contributed by atoms with van der Waals surface area (Å²) in [5.41, 5.74) is 0.840. The highest BCUT2D eigenvalue weighted by Gasteiger charge is 2.28. The molecule has 2 nitrogen and oxygen atoms in total. The fraction of sp³-hybridized carbons (Fsp3) is 0.667. The van der Waals surface area contributed by atoms with Crippen molar-refractivity contribution < 1.29 is 9.13 Å². The molecule has 2 atom stereocenters. The Hall–Kier alpha value is -1.09. The van der Waals surface area contributed by atoms with E-state index in [-0.39, 0.29) is 5.82 Å². The van der Waals surface area contributed by atoms with E-state index in [0.717, 1.165) is 18.5 Å². The first kappa shape index (κ1) is 16.3. The van der Waals surface area contributed by atoms with Gasteiger partial charge in [0.15, 0.2) is 11.6 Å². The molecule has 1 aromatic carbocycles. The Labute approximate surface area is 128 Å². The van der Waals surface area contributed by atoms with E-state index in [1.807, 2.05) is 12.1 Å². The lowest BCUT2D eigenvalue weighted by Crippen LogP contribution is -2.31. The van der Waals surface area contributed by atoms with Gasteiger partial charge in [-0.25, -0.2) is 4.39 Å². The van der Waals surface area contributed by atoms with Crippen LogP contribution in [-0.4, -0.2) is 19.7 Å². The molecule has 3 heteroatoms. The van der Waals surface area contributed by atoms with Crippen LogP contribution in [0.15, 0.2) is 18.2 Å². The Morgan fingerprint density at radius 3 is 2.71 bits per heavy atom. The molecule has 1 aliphatic rings. The molecular formula is C18H28FNO. The van der Waals surface area contributed by atoms with Crippen molar-refractivity contribution in [1.82, 2.24) is 5.32 Å². The molecule has 0 saturated heterocycles. The molecule has 0 radical (unpaired) electrons. The SMILES string of the molecule is COc1cccc(C2CCCCCC2CNC(C)C)c1F. The van der Waals surface area contributed by atoms with Crippen LogP contribution in [0.2, 0.25) is 0 Å². The van der Waals surface area contributed by atoms with Crippen LogP contribution in [0.3, 0.4) is 0 Å². The van der Waals surface area contributed by atoms with Crippen LogP contribution < -0.4 is 10.1 Å². The summed E-state index contributed by atoms with van der Waals surface area (Å²) in [5, 5.41) is 3.54. The van der Waals surface area contributed by atoms with Crippen LogP contribution in [0, 0.1) is 11.7 Å². The molecule has 0 aliphatic heterocycles. The van der Waals surface area contributed by atoms with Gasteiger partial charge in [0, 0.05) is 6.04 Å². The maximum absolute atomic E-state index is 14.6. The Morgan fingerprint density at radius 1 is 1.24 bits per heavy atom. The predicted molar refractivity (Wildman–Crippen MR) is 85.4 cm³/mol. The Morgan fingerprint density at radius 2 is 2.00 bits per heavy atom. The van der Waals surface area contributed by atoms with E-state index in [0.29, 0.717) is 23.6 Å². The summed E-state index contributed by atoms with van der Waals surface area (Å²) in [7, 11) is 1.53. The zero-order valence-corrected chi connectivity index (χ0v) is 13.5. The van der Waals surface area contributed by atoms with Crippen LogP contribution >= 0.6 is 0 Å². The number of benzene rings is 1. The average Bonchev–Trinajstić information content (AvgIpc) is 2.70. The predicted octanol–water partition coefficient (Wildman–Crippen LogP) is 4.50. The Kier molecular flexibility index (Phi) is 6.04. The lowest BCUT2D eigenvalue weighted by atomic mass is 9.82. The minimum absolute atomic E-state index is 0.165. The molecule has 0 amide bonds. The summed E-state index contributed by atoms with van der Waals surface area (Å²) in [5.74, 6) is 1.01. The van der Waals surface area contributed by atoms with Gasteiger partial charge in [-0.15, -0.1) is 0 Å². The van der Waals surface area contributed by atoms with Gasteiger partial charge in [-0.1, -0.05) is 45.2 Å². The number of hydrogen-bond acceptors (Lipinski definition) is 2. The smallest absolute Gasteiger partial charge is 0.168 e. The number of nitrogens with one attached hydrogen (secondary N) is 1. The van der Waals surface area contributed by atoms with Crippen molar-refractivity contribution in [2.45, 2.75) is 57.9 Å². The fourth-order valence-corrected chi connectivity index (χ4v) is 3.40. The molecule has 0 spiro atoms. The molecule has 1 aliphatic carbocycles. The van der Waals surface area contributed by atoms with Crippen molar-refractivity contribution in [2.24, 2.45) is 5.92 Å². The number of hydrogen-bond donors (Lipinski definition) is 1. The summed E-state index contributed by atoms with van der Waals surface area (Å²) in [6.45, 7) is 5.30. The van der Waals surface area contributed by atoms with Gasteiger partial charge < -0.3 is 10.1 Å². The lowest BCUT2D eigenvalue weighted by Gasteiger charge is -2.27. The highest BCUT2D eigenvalue weighted by atomic mass is 19.1. The normalized spacial score (nSPS) is 23.1. The minimum atomic E-state index is -0.165. The van der Waals surface area contributed by atoms with Crippen molar-refractivity contribution in [3.05, 3.63) is 29.6 Å². The summed E-state index contributed by atoms with van der Waals surface area (Å²) < 4.78 is 19.8. The van der Waals surface area contributed by atoms with Crippen molar-refractivity contribution in [2.75, 3.05) is 13.7 Å². The van der Waals surface area contributed by atoms with E-state index < -0.39 is 0 Å². The van der Waals surface area contributed by atoms with Crippen molar-refractivity contribution in [3.8, 4) is 5.75 Å². The maximum Gasteiger partial charge on any atom is 0.168 e. The molecule has 1 aromatic rings. The maximum atomic E-state index is 14.6. The Bertz CT molecular complexity index is 447. The van der Waals surface area contributed by atoms with Crippen molar-refractivity contribution in [3.63, 3.8) is 0 Å². The van der Waals surface area contributed by atoms with Crippen LogP contribution in [-0.2, 0) is 0 Å². The first-order valence-corrected chi connectivity index (χ1v) is 8.19. The first-order chi connectivity index (χ1) is 10.1. The van der Waals surface area contributed by atoms with E-state index in [1.54, 1.807) is 6.07 Å². The van der Waals surface area contributed by atoms with Crippen LogP contribution in [0.25, 0.3) is 0 Å². The van der Waals surface area contributed by atoms with Gasteiger partial charge in [-0.05, 0) is 42.9 Å². The van der Waals surface area contributed by atoms with E-state index in [2.05, 4.69) is 19.2 Å². The number of rotatable bonds is 5. The third-order valence-corrected chi connectivity index (χ3v) is 4.56. The second-order valence-electron chi connectivity index (χ2n) is 6.43. The molecule has 0 heterocycles. The van der Waals surface area contributed by atoms with E-state index in [9.17, 15) is 4.39 Å². The third-order valence-electron chi connectivity index (χ3n) is 4.56. The monoisotopic (exact) mass is 293 g/mol. The zero-order valence-electron chi connectivity index (χ0n) is 13.5. The molecule has 2 rings (SSSR count). The molecule has 2 unspecified atom stereocenters. The van der Waals surface area contributed by atoms with Gasteiger partial charge >= 0.3 is 0 Å². The van der Waals surface area contributed by atoms with E-state index >= 15 is 0 Å². The van der Waals surface area contributed by atoms with Gasteiger partial charge in [0.1, 0.15) is 0 Å². The molecule has 118 valence electrons. The molecular weight excluding hydrogens is 265 g/mol. The quantitative estimate of drug-likeness (QED) is 0.807.